The van der Waals surface area contributed by atoms with Crippen LogP contribution in [-0.4, -0.2) is 23.5 Å². The van der Waals surface area contributed by atoms with Crippen LogP contribution in [0.15, 0.2) is 6.20 Å². The van der Waals surface area contributed by atoms with E-state index >= 15 is 0 Å². The number of ether oxygens (including phenoxy) is 1. The van der Waals surface area contributed by atoms with Crippen molar-refractivity contribution in [3.05, 3.63) is 16.9 Å². The molecule has 0 fully saturated rings. The zero-order valence-electron chi connectivity index (χ0n) is 13.1. The minimum atomic E-state index is -0.0175. The Morgan fingerprint density at radius 3 is 2.65 bits per heavy atom. The minimum absolute atomic E-state index is 0.0175. The SMILES string of the molecule is COCCn1ncc(Cl)c1C(CC(C)C(C)(C)C)NN. The zero-order valence-corrected chi connectivity index (χ0v) is 13.9. The summed E-state index contributed by atoms with van der Waals surface area (Å²) in [5, 5.41) is 4.94. The number of rotatable bonds is 7. The highest BCUT2D eigenvalue weighted by atomic mass is 35.5. The normalized spacial score (nSPS) is 15.3. The zero-order chi connectivity index (χ0) is 15.3. The van der Waals surface area contributed by atoms with Gasteiger partial charge in [0, 0.05) is 7.11 Å². The Hall–Kier alpha value is -0.620. The van der Waals surface area contributed by atoms with Crippen molar-refractivity contribution in [1.29, 1.82) is 0 Å². The first-order valence-corrected chi connectivity index (χ1v) is 7.35. The van der Waals surface area contributed by atoms with Gasteiger partial charge in [-0.25, -0.2) is 0 Å². The summed E-state index contributed by atoms with van der Waals surface area (Å²) < 4.78 is 6.97. The second kappa shape index (κ2) is 7.41. The second-order valence-corrected chi connectivity index (χ2v) is 6.72. The van der Waals surface area contributed by atoms with Gasteiger partial charge in [-0.2, -0.15) is 5.10 Å². The van der Waals surface area contributed by atoms with Crippen LogP contribution in [0.25, 0.3) is 0 Å². The average molecular weight is 303 g/mol. The number of hydrogen-bond acceptors (Lipinski definition) is 4. The molecule has 1 rings (SSSR count). The lowest BCUT2D eigenvalue weighted by atomic mass is 9.78. The summed E-state index contributed by atoms with van der Waals surface area (Å²) in [5.41, 5.74) is 4.03. The van der Waals surface area contributed by atoms with Crippen molar-refractivity contribution in [3.8, 4) is 0 Å². The molecule has 0 spiro atoms. The number of hydrazine groups is 1. The molecule has 0 aliphatic heterocycles. The second-order valence-electron chi connectivity index (χ2n) is 6.32. The van der Waals surface area contributed by atoms with Crippen molar-refractivity contribution < 1.29 is 4.74 Å². The van der Waals surface area contributed by atoms with Crippen molar-refractivity contribution in [2.75, 3.05) is 13.7 Å². The van der Waals surface area contributed by atoms with Gasteiger partial charge in [0.2, 0.25) is 0 Å². The molecule has 0 saturated carbocycles. The van der Waals surface area contributed by atoms with Crippen LogP contribution < -0.4 is 11.3 Å². The summed E-state index contributed by atoms with van der Waals surface area (Å²) in [4.78, 5) is 0. The smallest absolute Gasteiger partial charge is 0.0834 e. The summed E-state index contributed by atoms with van der Waals surface area (Å²) in [5.74, 6) is 6.23. The fraction of sp³-hybridized carbons (Fsp3) is 0.786. The fourth-order valence-electron chi connectivity index (χ4n) is 2.04. The number of aromatic nitrogens is 2. The van der Waals surface area contributed by atoms with Crippen LogP contribution in [0.2, 0.25) is 5.02 Å². The number of halogens is 1. The topological polar surface area (TPSA) is 65.1 Å². The Labute approximate surface area is 126 Å². The fourth-order valence-corrected chi connectivity index (χ4v) is 2.31. The summed E-state index contributed by atoms with van der Waals surface area (Å²) in [6.45, 7) is 10.2. The molecule has 0 bridgehead atoms. The van der Waals surface area contributed by atoms with E-state index in [1.807, 2.05) is 4.68 Å². The highest BCUT2D eigenvalue weighted by Crippen LogP contribution is 2.34. The molecule has 0 amide bonds. The van der Waals surface area contributed by atoms with E-state index < -0.39 is 0 Å². The van der Waals surface area contributed by atoms with E-state index in [0.717, 1.165) is 12.1 Å². The molecule has 3 N–H and O–H groups in total. The molecule has 0 saturated heterocycles. The first-order chi connectivity index (χ1) is 9.31. The average Bonchev–Trinajstić information content (AvgIpc) is 2.73. The summed E-state index contributed by atoms with van der Waals surface area (Å²) in [6, 6.07) is -0.0175. The molecule has 2 unspecified atom stereocenters. The van der Waals surface area contributed by atoms with Crippen LogP contribution in [0.3, 0.4) is 0 Å². The molecule has 0 aliphatic rings. The van der Waals surface area contributed by atoms with Crippen molar-refractivity contribution in [3.63, 3.8) is 0 Å². The molecule has 5 nitrogen and oxygen atoms in total. The van der Waals surface area contributed by atoms with Crippen LogP contribution in [0.5, 0.6) is 0 Å². The molecule has 0 aliphatic carbocycles. The minimum Gasteiger partial charge on any atom is -0.383 e. The third kappa shape index (κ3) is 4.45. The van der Waals surface area contributed by atoms with Crippen LogP contribution >= 0.6 is 11.6 Å². The third-order valence-electron chi connectivity index (χ3n) is 3.94. The molecule has 1 aromatic rings. The van der Waals surface area contributed by atoms with Gasteiger partial charge >= 0.3 is 0 Å². The van der Waals surface area contributed by atoms with Gasteiger partial charge in [-0.3, -0.25) is 16.0 Å². The van der Waals surface area contributed by atoms with Gasteiger partial charge in [-0.05, 0) is 17.8 Å². The van der Waals surface area contributed by atoms with Crippen LogP contribution in [0, 0.1) is 11.3 Å². The van der Waals surface area contributed by atoms with Crippen LogP contribution in [-0.2, 0) is 11.3 Å². The van der Waals surface area contributed by atoms with E-state index in [2.05, 4.69) is 38.2 Å². The Kier molecular flexibility index (Phi) is 6.45. The van der Waals surface area contributed by atoms with Crippen LogP contribution in [0.4, 0.5) is 0 Å². The molecule has 0 aromatic carbocycles. The van der Waals surface area contributed by atoms with Gasteiger partial charge < -0.3 is 4.74 Å². The van der Waals surface area contributed by atoms with Gasteiger partial charge in [-0.15, -0.1) is 0 Å². The Balaban J connectivity index is 2.91. The maximum Gasteiger partial charge on any atom is 0.0834 e. The summed E-state index contributed by atoms with van der Waals surface area (Å²) in [7, 11) is 1.67. The third-order valence-corrected chi connectivity index (χ3v) is 4.23. The van der Waals surface area contributed by atoms with Gasteiger partial charge in [-0.1, -0.05) is 39.3 Å². The quantitative estimate of drug-likeness (QED) is 0.600. The van der Waals surface area contributed by atoms with Gasteiger partial charge in [0.15, 0.2) is 0 Å². The van der Waals surface area contributed by atoms with E-state index in [0.29, 0.717) is 24.1 Å². The molecular weight excluding hydrogens is 276 g/mol. The molecule has 20 heavy (non-hydrogen) atoms. The molecular formula is C14H27ClN4O. The number of methoxy groups -OCH3 is 1. The maximum atomic E-state index is 6.28. The molecule has 0 radical (unpaired) electrons. The standard InChI is InChI=1S/C14H27ClN4O/c1-10(14(2,3)4)8-12(18-16)13-11(15)9-17-19(13)6-7-20-5/h9-10,12,18H,6-8,16H2,1-5H3. The largest absolute Gasteiger partial charge is 0.383 e. The Morgan fingerprint density at radius 1 is 1.50 bits per heavy atom. The van der Waals surface area contributed by atoms with E-state index in [-0.39, 0.29) is 11.5 Å². The Morgan fingerprint density at radius 2 is 2.15 bits per heavy atom. The molecule has 116 valence electrons. The highest BCUT2D eigenvalue weighted by molar-refractivity contribution is 6.31. The van der Waals surface area contributed by atoms with E-state index in [1.54, 1.807) is 13.3 Å². The first-order valence-electron chi connectivity index (χ1n) is 6.97. The highest BCUT2D eigenvalue weighted by Gasteiger charge is 2.27. The van der Waals surface area contributed by atoms with Crippen molar-refractivity contribution >= 4 is 11.6 Å². The van der Waals surface area contributed by atoms with E-state index in [1.165, 1.54) is 0 Å². The number of nitrogens with two attached hydrogens (primary N) is 1. The lowest BCUT2D eigenvalue weighted by Crippen LogP contribution is -2.33. The first kappa shape index (κ1) is 17.4. The maximum absolute atomic E-state index is 6.28. The predicted molar refractivity (Wildman–Crippen MR) is 82.4 cm³/mol. The van der Waals surface area contributed by atoms with E-state index in [4.69, 9.17) is 22.2 Å². The number of nitrogens with one attached hydrogen (secondary N) is 1. The lowest BCUT2D eigenvalue weighted by Gasteiger charge is -2.31. The van der Waals surface area contributed by atoms with Crippen LogP contribution in [0.1, 0.15) is 45.9 Å². The number of hydrogen-bond donors (Lipinski definition) is 2. The van der Waals surface area contributed by atoms with Gasteiger partial charge in [0.25, 0.3) is 0 Å². The molecule has 1 heterocycles. The van der Waals surface area contributed by atoms with Crippen molar-refractivity contribution in [1.82, 2.24) is 15.2 Å². The van der Waals surface area contributed by atoms with Gasteiger partial charge in [0.1, 0.15) is 0 Å². The van der Waals surface area contributed by atoms with E-state index in [9.17, 15) is 0 Å². The van der Waals surface area contributed by atoms with Crippen molar-refractivity contribution in [2.24, 2.45) is 17.2 Å². The van der Waals surface area contributed by atoms with Gasteiger partial charge in [0.05, 0.1) is 36.1 Å². The molecule has 6 heteroatoms. The summed E-state index contributed by atoms with van der Waals surface area (Å²) >= 11 is 6.28. The molecule has 1 aromatic heterocycles. The predicted octanol–water partition coefficient (Wildman–Crippen LogP) is 2.76. The monoisotopic (exact) mass is 302 g/mol. The number of nitrogens with zero attached hydrogens (tertiary/aromatic N) is 2. The molecule has 2 atom stereocenters. The Bertz CT molecular complexity index is 414. The lowest BCUT2D eigenvalue weighted by molar-refractivity contribution is 0.179. The summed E-state index contributed by atoms with van der Waals surface area (Å²) in [6.07, 6.45) is 2.57. The van der Waals surface area contributed by atoms with Crippen molar-refractivity contribution in [2.45, 2.75) is 46.7 Å².